The van der Waals surface area contributed by atoms with Gasteiger partial charge in [0.05, 0.1) is 11.5 Å². The summed E-state index contributed by atoms with van der Waals surface area (Å²) in [7, 11) is -3.45. The molecule has 1 atom stereocenters. The summed E-state index contributed by atoms with van der Waals surface area (Å²) >= 11 is 0. The first-order valence-electron chi connectivity index (χ1n) is 5.98. The molecular weight excluding hydrogens is 252 g/mol. The molecule has 6 heteroatoms. The summed E-state index contributed by atoms with van der Waals surface area (Å²) in [5.41, 5.74) is 7.59. The van der Waals surface area contributed by atoms with E-state index in [-0.39, 0.29) is 10.9 Å². The van der Waals surface area contributed by atoms with E-state index in [1.165, 1.54) is 0 Å². The van der Waals surface area contributed by atoms with E-state index in [2.05, 4.69) is 4.72 Å². The Hall–Kier alpha value is -1.11. The van der Waals surface area contributed by atoms with E-state index in [9.17, 15) is 8.42 Å². The summed E-state index contributed by atoms with van der Waals surface area (Å²) in [5, 5.41) is 0. The Morgan fingerprint density at radius 2 is 2.22 bits per heavy atom. The average Bonchev–Trinajstić information content (AvgIpc) is 2.30. The van der Waals surface area contributed by atoms with Crippen LogP contribution in [0.3, 0.4) is 0 Å². The Labute approximate surface area is 107 Å². The van der Waals surface area contributed by atoms with Gasteiger partial charge in [-0.1, -0.05) is 6.92 Å². The molecule has 2 rings (SSSR count). The normalized spacial score (nSPS) is 19.2. The summed E-state index contributed by atoms with van der Waals surface area (Å²) in [4.78, 5) is 0.251. The van der Waals surface area contributed by atoms with Crippen LogP contribution in [0.15, 0.2) is 17.0 Å². The number of benzene rings is 1. The number of aryl methyl sites for hydroxylation is 1. The van der Waals surface area contributed by atoms with Crippen molar-refractivity contribution < 1.29 is 13.2 Å². The van der Waals surface area contributed by atoms with Crippen LogP contribution in [0.1, 0.15) is 30.5 Å². The van der Waals surface area contributed by atoms with Gasteiger partial charge in [0, 0.05) is 24.6 Å². The van der Waals surface area contributed by atoms with Gasteiger partial charge in [0.15, 0.2) is 0 Å². The molecule has 1 aliphatic heterocycles. The number of ether oxygens (including phenoxy) is 1. The van der Waals surface area contributed by atoms with Gasteiger partial charge in [0.1, 0.15) is 5.75 Å². The minimum Gasteiger partial charge on any atom is -0.493 e. The van der Waals surface area contributed by atoms with Crippen LogP contribution < -0.4 is 15.2 Å². The topological polar surface area (TPSA) is 81.4 Å². The van der Waals surface area contributed by atoms with E-state index in [1.54, 1.807) is 19.1 Å². The molecule has 100 valence electrons. The molecule has 3 N–H and O–H groups in total. The van der Waals surface area contributed by atoms with Crippen LogP contribution in [0.5, 0.6) is 5.75 Å². The Morgan fingerprint density at radius 3 is 2.89 bits per heavy atom. The number of fused-ring (bicyclic) bond motifs is 1. The zero-order valence-corrected chi connectivity index (χ0v) is 11.4. The first-order valence-corrected chi connectivity index (χ1v) is 7.46. The van der Waals surface area contributed by atoms with E-state index in [0.717, 1.165) is 16.9 Å². The second-order valence-corrected chi connectivity index (χ2v) is 6.17. The number of nitrogens with one attached hydrogen (secondary N) is 1. The first kappa shape index (κ1) is 13.3. The Morgan fingerprint density at radius 1 is 1.50 bits per heavy atom. The highest BCUT2D eigenvalue weighted by Crippen LogP contribution is 2.35. The van der Waals surface area contributed by atoms with Gasteiger partial charge in [-0.25, -0.2) is 13.1 Å². The molecule has 5 nitrogen and oxygen atoms in total. The second-order valence-electron chi connectivity index (χ2n) is 4.40. The predicted molar refractivity (Wildman–Crippen MR) is 69.1 cm³/mol. The smallest absolute Gasteiger partial charge is 0.240 e. The SMILES string of the molecule is CCNS(=O)(=O)c1cc(C)c2c(c1)C(N)CCO2. The lowest BCUT2D eigenvalue weighted by Gasteiger charge is -2.25. The summed E-state index contributed by atoms with van der Waals surface area (Å²) in [5.74, 6) is 0.726. The lowest BCUT2D eigenvalue weighted by atomic mass is 9.99. The van der Waals surface area contributed by atoms with Crippen LogP contribution in [-0.4, -0.2) is 21.6 Å². The number of hydrogen-bond acceptors (Lipinski definition) is 4. The van der Waals surface area contributed by atoms with Crippen LogP contribution in [0, 0.1) is 6.92 Å². The van der Waals surface area contributed by atoms with Crippen LogP contribution in [0.25, 0.3) is 0 Å². The molecule has 0 fully saturated rings. The third-order valence-electron chi connectivity index (χ3n) is 3.00. The summed E-state index contributed by atoms with van der Waals surface area (Å²) in [6.45, 7) is 4.52. The fourth-order valence-electron chi connectivity index (χ4n) is 2.11. The summed E-state index contributed by atoms with van der Waals surface area (Å²) < 4.78 is 32.0. The van der Waals surface area contributed by atoms with Crippen molar-refractivity contribution >= 4 is 10.0 Å². The van der Waals surface area contributed by atoms with Crippen molar-refractivity contribution in [3.05, 3.63) is 23.3 Å². The fourth-order valence-corrected chi connectivity index (χ4v) is 3.27. The predicted octanol–water partition coefficient (Wildman–Crippen LogP) is 1.08. The maximum atomic E-state index is 12.0. The van der Waals surface area contributed by atoms with Gasteiger partial charge in [-0.15, -0.1) is 0 Å². The molecule has 0 spiro atoms. The Kier molecular flexibility index (Phi) is 3.61. The highest BCUT2D eigenvalue weighted by molar-refractivity contribution is 7.89. The number of hydrogen-bond donors (Lipinski definition) is 2. The highest BCUT2D eigenvalue weighted by Gasteiger charge is 2.24. The van der Waals surface area contributed by atoms with Gasteiger partial charge in [-0.3, -0.25) is 0 Å². The minimum atomic E-state index is -3.45. The molecule has 1 aromatic carbocycles. The number of nitrogens with two attached hydrogens (primary N) is 1. The molecule has 0 radical (unpaired) electrons. The molecule has 0 saturated heterocycles. The van der Waals surface area contributed by atoms with Crippen molar-refractivity contribution in [2.75, 3.05) is 13.2 Å². The van der Waals surface area contributed by atoms with E-state index in [0.29, 0.717) is 19.6 Å². The lowest BCUT2D eigenvalue weighted by molar-refractivity contribution is 0.266. The van der Waals surface area contributed by atoms with Crippen LogP contribution in [0.4, 0.5) is 0 Å². The highest BCUT2D eigenvalue weighted by atomic mass is 32.2. The molecule has 1 aromatic rings. The molecular formula is C12H18N2O3S. The standard InChI is InChI=1S/C12H18N2O3S/c1-3-14-18(15,16)9-6-8(2)12-10(7-9)11(13)4-5-17-12/h6-7,11,14H,3-5,13H2,1-2H3. The van der Waals surface area contributed by atoms with E-state index >= 15 is 0 Å². The average molecular weight is 270 g/mol. The summed E-state index contributed by atoms with van der Waals surface area (Å²) in [6.07, 6.45) is 0.706. The zero-order chi connectivity index (χ0) is 13.3. The molecule has 0 aliphatic carbocycles. The molecule has 0 bridgehead atoms. The largest absolute Gasteiger partial charge is 0.493 e. The van der Waals surface area contributed by atoms with Crippen molar-refractivity contribution in [1.29, 1.82) is 0 Å². The number of rotatable bonds is 3. The van der Waals surface area contributed by atoms with Gasteiger partial charge in [-0.2, -0.15) is 0 Å². The maximum absolute atomic E-state index is 12.0. The monoisotopic (exact) mass is 270 g/mol. The molecule has 0 saturated carbocycles. The van der Waals surface area contributed by atoms with Gasteiger partial charge in [-0.05, 0) is 24.6 Å². The maximum Gasteiger partial charge on any atom is 0.240 e. The van der Waals surface area contributed by atoms with Gasteiger partial charge >= 0.3 is 0 Å². The fraction of sp³-hybridized carbons (Fsp3) is 0.500. The number of sulfonamides is 1. The van der Waals surface area contributed by atoms with Crippen LogP contribution >= 0.6 is 0 Å². The van der Waals surface area contributed by atoms with Gasteiger partial charge in [0.25, 0.3) is 0 Å². The van der Waals surface area contributed by atoms with Crippen molar-refractivity contribution in [2.45, 2.75) is 31.2 Å². The molecule has 1 heterocycles. The van der Waals surface area contributed by atoms with Gasteiger partial charge in [0.2, 0.25) is 10.0 Å². The molecule has 18 heavy (non-hydrogen) atoms. The van der Waals surface area contributed by atoms with E-state index in [1.807, 2.05) is 6.92 Å². The van der Waals surface area contributed by atoms with E-state index < -0.39 is 10.0 Å². The van der Waals surface area contributed by atoms with Crippen molar-refractivity contribution in [3.8, 4) is 5.75 Å². The summed E-state index contributed by atoms with van der Waals surface area (Å²) in [6, 6.07) is 3.07. The lowest BCUT2D eigenvalue weighted by Crippen LogP contribution is -2.25. The molecule has 0 aromatic heterocycles. The molecule has 1 aliphatic rings. The van der Waals surface area contributed by atoms with Crippen molar-refractivity contribution in [2.24, 2.45) is 5.73 Å². The quantitative estimate of drug-likeness (QED) is 0.861. The molecule has 1 unspecified atom stereocenters. The van der Waals surface area contributed by atoms with Crippen LogP contribution in [0.2, 0.25) is 0 Å². The van der Waals surface area contributed by atoms with E-state index in [4.69, 9.17) is 10.5 Å². The van der Waals surface area contributed by atoms with Crippen molar-refractivity contribution in [1.82, 2.24) is 4.72 Å². The Bertz CT molecular complexity index is 555. The van der Waals surface area contributed by atoms with Gasteiger partial charge < -0.3 is 10.5 Å². The molecule has 0 amide bonds. The van der Waals surface area contributed by atoms with Crippen molar-refractivity contribution in [3.63, 3.8) is 0 Å². The third-order valence-corrected chi connectivity index (χ3v) is 4.52. The second kappa shape index (κ2) is 4.87. The zero-order valence-electron chi connectivity index (χ0n) is 10.6. The van der Waals surface area contributed by atoms with Crippen LogP contribution in [-0.2, 0) is 10.0 Å². The third kappa shape index (κ3) is 2.36. The Balaban J connectivity index is 2.53. The first-order chi connectivity index (χ1) is 8.45. The minimum absolute atomic E-state index is 0.163.